The fourth-order valence-electron chi connectivity index (χ4n) is 2.40. The fraction of sp³-hybridized carbons (Fsp3) is 0.462. The Morgan fingerprint density at radius 3 is 2.95 bits per heavy atom. The summed E-state index contributed by atoms with van der Waals surface area (Å²) in [4.78, 5) is 2.09. The molecule has 1 saturated heterocycles. The van der Waals surface area contributed by atoms with Gasteiger partial charge >= 0.3 is 0 Å². The van der Waals surface area contributed by atoms with Crippen molar-refractivity contribution in [1.82, 2.24) is 4.90 Å². The molecule has 0 saturated carbocycles. The van der Waals surface area contributed by atoms with Gasteiger partial charge in [-0.2, -0.15) is 0 Å². The molecule has 0 bridgehead atoms. The Balaban J connectivity index is 2.13. The van der Waals surface area contributed by atoms with Gasteiger partial charge in [-0.15, -0.1) is 0 Å². The minimum Gasteiger partial charge on any atom is -0.409 e. The number of halogens is 1. The van der Waals surface area contributed by atoms with Crippen LogP contribution in [0.2, 0.25) is 0 Å². The maximum absolute atomic E-state index is 14.2. The summed E-state index contributed by atoms with van der Waals surface area (Å²) >= 11 is 0. The first-order valence-corrected chi connectivity index (χ1v) is 6.24. The molecule has 0 amide bonds. The summed E-state index contributed by atoms with van der Waals surface area (Å²) in [6.07, 6.45) is 0.929. The minimum atomic E-state index is -0.453. The monoisotopic (exact) mass is 267 g/mol. The van der Waals surface area contributed by atoms with Gasteiger partial charge in [-0.1, -0.05) is 17.3 Å². The molecular weight excluding hydrogens is 249 g/mol. The van der Waals surface area contributed by atoms with Crippen molar-refractivity contribution in [2.24, 2.45) is 16.8 Å². The molecular formula is C13H18FN3O2. The Kier molecular flexibility index (Phi) is 4.34. The van der Waals surface area contributed by atoms with E-state index in [1.165, 1.54) is 6.07 Å². The number of aliphatic hydroxyl groups excluding tert-OH is 1. The number of nitrogens with two attached hydrogens (primary N) is 1. The van der Waals surface area contributed by atoms with Gasteiger partial charge in [-0.25, -0.2) is 4.39 Å². The van der Waals surface area contributed by atoms with Gasteiger partial charge < -0.3 is 16.0 Å². The lowest BCUT2D eigenvalue weighted by atomic mass is 10.1. The zero-order valence-electron chi connectivity index (χ0n) is 10.6. The number of likely N-dealkylation sites (tertiary alicyclic amines) is 1. The van der Waals surface area contributed by atoms with Crippen molar-refractivity contribution in [1.29, 1.82) is 0 Å². The SMILES string of the molecule is N/C(=N/O)c1cccc(CN2CCC(CO)C2)c1F. The molecule has 0 aliphatic carbocycles. The van der Waals surface area contributed by atoms with Gasteiger partial charge in [0.25, 0.3) is 0 Å². The molecule has 0 aromatic heterocycles. The van der Waals surface area contributed by atoms with E-state index in [4.69, 9.17) is 16.0 Å². The third-order valence-corrected chi connectivity index (χ3v) is 3.48. The van der Waals surface area contributed by atoms with Crippen LogP contribution in [0.25, 0.3) is 0 Å². The molecule has 0 radical (unpaired) electrons. The second kappa shape index (κ2) is 5.99. The summed E-state index contributed by atoms with van der Waals surface area (Å²) in [7, 11) is 0. The van der Waals surface area contributed by atoms with E-state index in [1.54, 1.807) is 12.1 Å². The van der Waals surface area contributed by atoms with Crippen LogP contribution in [0.3, 0.4) is 0 Å². The smallest absolute Gasteiger partial charge is 0.173 e. The lowest BCUT2D eigenvalue weighted by molar-refractivity contribution is 0.219. The van der Waals surface area contributed by atoms with E-state index in [-0.39, 0.29) is 23.9 Å². The summed E-state index contributed by atoms with van der Waals surface area (Å²) in [6.45, 7) is 2.25. The largest absolute Gasteiger partial charge is 0.409 e. The third kappa shape index (κ3) is 3.02. The molecule has 1 aliphatic rings. The summed E-state index contributed by atoms with van der Waals surface area (Å²) < 4.78 is 14.2. The topological polar surface area (TPSA) is 82.1 Å². The van der Waals surface area contributed by atoms with Crippen molar-refractivity contribution in [2.45, 2.75) is 13.0 Å². The van der Waals surface area contributed by atoms with Crippen LogP contribution in [0.4, 0.5) is 4.39 Å². The highest BCUT2D eigenvalue weighted by Crippen LogP contribution is 2.20. The van der Waals surface area contributed by atoms with Gasteiger partial charge in [0.2, 0.25) is 0 Å². The summed E-state index contributed by atoms with van der Waals surface area (Å²) in [6, 6.07) is 4.86. The number of hydrogen-bond donors (Lipinski definition) is 3. The molecule has 1 fully saturated rings. The van der Waals surface area contributed by atoms with Crippen LogP contribution in [0.15, 0.2) is 23.4 Å². The van der Waals surface area contributed by atoms with Crippen molar-refractivity contribution in [3.05, 3.63) is 35.1 Å². The van der Waals surface area contributed by atoms with Crippen molar-refractivity contribution >= 4 is 5.84 Å². The number of rotatable bonds is 4. The first-order chi connectivity index (χ1) is 9.15. The summed E-state index contributed by atoms with van der Waals surface area (Å²) in [5, 5.41) is 20.5. The second-order valence-electron chi connectivity index (χ2n) is 4.84. The molecule has 0 spiro atoms. The maximum atomic E-state index is 14.2. The average molecular weight is 267 g/mol. The molecule has 19 heavy (non-hydrogen) atoms. The van der Waals surface area contributed by atoms with E-state index in [2.05, 4.69) is 10.1 Å². The molecule has 6 heteroatoms. The van der Waals surface area contributed by atoms with Crippen LogP contribution in [0.5, 0.6) is 0 Å². The van der Waals surface area contributed by atoms with E-state index in [0.29, 0.717) is 12.1 Å². The second-order valence-corrected chi connectivity index (χ2v) is 4.84. The number of nitrogens with zero attached hydrogens (tertiary/aromatic N) is 2. The number of amidine groups is 1. The quantitative estimate of drug-likeness (QED) is 0.325. The predicted molar refractivity (Wildman–Crippen MR) is 69.4 cm³/mol. The average Bonchev–Trinajstić information content (AvgIpc) is 2.88. The number of hydrogen-bond acceptors (Lipinski definition) is 4. The molecule has 2 rings (SSSR count). The van der Waals surface area contributed by atoms with Crippen LogP contribution < -0.4 is 5.73 Å². The van der Waals surface area contributed by atoms with Gasteiger partial charge in [-0.3, -0.25) is 4.90 Å². The Morgan fingerprint density at radius 2 is 2.32 bits per heavy atom. The molecule has 104 valence electrons. The Labute approximate surface area is 111 Å². The van der Waals surface area contributed by atoms with Crippen LogP contribution >= 0.6 is 0 Å². The number of oxime groups is 1. The third-order valence-electron chi connectivity index (χ3n) is 3.48. The molecule has 1 aliphatic heterocycles. The van der Waals surface area contributed by atoms with Crippen molar-refractivity contribution in [3.63, 3.8) is 0 Å². The van der Waals surface area contributed by atoms with Gasteiger partial charge in [0.05, 0.1) is 5.56 Å². The minimum absolute atomic E-state index is 0.109. The highest BCUT2D eigenvalue weighted by atomic mass is 19.1. The van der Waals surface area contributed by atoms with E-state index in [1.807, 2.05) is 0 Å². The van der Waals surface area contributed by atoms with E-state index < -0.39 is 5.82 Å². The lowest BCUT2D eigenvalue weighted by Gasteiger charge is -2.17. The Morgan fingerprint density at radius 1 is 1.53 bits per heavy atom. The Bertz CT molecular complexity index is 479. The van der Waals surface area contributed by atoms with Crippen LogP contribution in [0, 0.1) is 11.7 Å². The summed E-state index contributed by atoms with van der Waals surface area (Å²) in [5.74, 6) is -0.408. The van der Waals surface area contributed by atoms with Gasteiger partial charge in [-0.05, 0) is 24.9 Å². The van der Waals surface area contributed by atoms with Crippen LogP contribution in [-0.4, -0.2) is 40.7 Å². The highest BCUT2D eigenvalue weighted by Gasteiger charge is 2.23. The van der Waals surface area contributed by atoms with Crippen LogP contribution in [0.1, 0.15) is 17.5 Å². The highest BCUT2D eigenvalue weighted by molar-refractivity contribution is 5.97. The molecule has 1 aromatic rings. The lowest BCUT2D eigenvalue weighted by Crippen LogP contribution is -2.23. The van der Waals surface area contributed by atoms with E-state index in [9.17, 15) is 4.39 Å². The van der Waals surface area contributed by atoms with E-state index in [0.717, 1.165) is 19.5 Å². The standard InChI is InChI=1S/C13H18FN3O2/c14-12-10(2-1-3-11(12)13(15)16-19)7-17-5-4-9(6-17)8-18/h1-3,9,18-19H,4-8H2,(H2,15,16). The van der Waals surface area contributed by atoms with Crippen molar-refractivity contribution in [2.75, 3.05) is 19.7 Å². The zero-order valence-corrected chi connectivity index (χ0v) is 10.6. The normalized spacial score (nSPS) is 20.9. The fourth-order valence-corrected chi connectivity index (χ4v) is 2.40. The van der Waals surface area contributed by atoms with Gasteiger partial charge in [0.15, 0.2) is 5.84 Å². The number of aliphatic hydroxyl groups is 1. The summed E-state index contributed by atoms with van der Waals surface area (Å²) in [5.41, 5.74) is 6.05. The van der Waals surface area contributed by atoms with Gasteiger partial charge in [0.1, 0.15) is 5.82 Å². The molecule has 1 aromatic carbocycles. The molecule has 4 N–H and O–H groups in total. The molecule has 5 nitrogen and oxygen atoms in total. The zero-order chi connectivity index (χ0) is 13.8. The molecule has 1 atom stereocenters. The van der Waals surface area contributed by atoms with Crippen molar-refractivity contribution < 1.29 is 14.7 Å². The Hall–Kier alpha value is -1.66. The van der Waals surface area contributed by atoms with Crippen molar-refractivity contribution in [3.8, 4) is 0 Å². The van der Waals surface area contributed by atoms with Crippen LogP contribution in [-0.2, 0) is 6.54 Å². The predicted octanol–water partition coefficient (Wildman–Crippen LogP) is 0.734. The van der Waals surface area contributed by atoms with E-state index >= 15 is 0 Å². The maximum Gasteiger partial charge on any atom is 0.173 e. The molecule has 1 heterocycles. The van der Waals surface area contributed by atoms with Gasteiger partial charge in [0, 0.05) is 25.3 Å². The first kappa shape index (κ1) is 13.8. The first-order valence-electron chi connectivity index (χ1n) is 6.24. The molecule has 1 unspecified atom stereocenters. The number of benzene rings is 1.